The Labute approximate surface area is 121 Å². The maximum Gasteiger partial charge on any atom is 0.315 e. The Kier molecular flexibility index (Phi) is 7.41. The maximum absolute atomic E-state index is 11.8. The van der Waals surface area contributed by atoms with E-state index in [2.05, 4.69) is 17.6 Å². The van der Waals surface area contributed by atoms with Gasteiger partial charge in [0.05, 0.1) is 0 Å². The molecule has 3 atom stereocenters. The molecule has 0 aromatic rings. The topological polar surface area (TPSA) is 78.4 Å². The first kappa shape index (κ1) is 16.8. The van der Waals surface area contributed by atoms with Crippen molar-refractivity contribution in [3.8, 4) is 0 Å². The molecule has 0 aromatic heterocycles. The largest absolute Gasteiger partial charge is 0.481 e. The lowest BCUT2D eigenvalue weighted by Gasteiger charge is -2.29. The van der Waals surface area contributed by atoms with Gasteiger partial charge in [-0.3, -0.25) is 4.79 Å². The van der Waals surface area contributed by atoms with E-state index < -0.39 is 5.97 Å². The van der Waals surface area contributed by atoms with Crippen LogP contribution in [-0.4, -0.2) is 29.7 Å². The number of hydrogen-bond donors (Lipinski definition) is 3. The van der Waals surface area contributed by atoms with Crippen LogP contribution in [0.4, 0.5) is 4.79 Å². The third-order valence-electron chi connectivity index (χ3n) is 4.20. The van der Waals surface area contributed by atoms with E-state index in [1.165, 1.54) is 19.3 Å². The normalized spacial score (nSPS) is 23.9. The molecular weight excluding hydrogens is 256 g/mol. The minimum absolute atomic E-state index is 0.0887. The lowest BCUT2D eigenvalue weighted by atomic mass is 9.86. The van der Waals surface area contributed by atoms with Crippen LogP contribution in [0.5, 0.6) is 0 Å². The first-order valence-electron chi connectivity index (χ1n) is 7.75. The molecule has 5 heteroatoms. The number of urea groups is 1. The number of rotatable bonds is 7. The number of aliphatic carboxylic acids is 1. The van der Waals surface area contributed by atoms with Crippen molar-refractivity contribution >= 4 is 12.0 Å². The van der Waals surface area contributed by atoms with Crippen LogP contribution >= 0.6 is 0 Å². The average Bonchev–Trinajstić information content (AvgIpc) is 2.39. The summed E-state index contributed by atoms with van der Waals surface area (Å²) in [5.74, 6) is 0.123. The summed E-state index contributed by atoms with van der Waals surface area (Å²) in [7, 11) is 0. The molecule has 116 valence electrons. The summed E-state index contributed by atoms with van der Waals surface area (Å²) >= 11 is 0. The predicted octanol–water partition coefficient (Wildman–Crippen LogP) is 2.76. The number of carbonyl (C=O) groups is 2. The number of carboxylic acid groups (broad SMARTS) is 1. The molecule has 2 amide bonds. The summed E-state index contributed by atoms with van der Waals surface area (Å²) in [6, 6.07) is 0.211. The Morgan fingerprint density at radius 1 is 1.25 bits per heavy atom. The monoisotopic (exact) mass is 284 g/mol. The van der Waals surface area contributed by atoms with Gasteiger partial charge in [0.15, 0.2) is 0 Å². The first-order chi connectivity index (χ1) is 9.49. The minimum Gasteiger partial charge on any atom is -0.481 e. The molecule has 1 aliphatic carbocycles. The van der Waals surface area contributed by atoms with Crippen molar-refractivity contribution in [2.45, 2.75) is 64.8 Å². The third-order valence-corrected chi connectivity index (χ3v) is 4.20. The lowest BCUT2D eigenvalue weighted by Crippen LogP contribution is -2.46. The molecule has 1 rings (SSSR count). The molecule has 1 fully saturated rings. The van der Waals surface area contributed by atoms with Gasteiger partial charge in [-0.2, -0.15) is 0 Å². The smallest absolute Gasteiger partial charge is 0.315 e. The Hall–Kier alpha value is -1.26. The molecule has 0 bridgehead atoms. The fourth-order valence-electron chi connectivity index (χ4n) is 2.70. The van der Waals surface area contributed by atoms with E-state index >= 15 is 0 Å². The highest BCUT2D eigenvalue weighted by molar-refractivity contribution is 5.74. The first-order valence-corrected chi connectivity index (χ1v) is 7.75. The van der Waals surface area contributed by atoms with Gasteiger partial charge in [0, 0.05) is 19.0 Å². The zero-order valence-corrected chi connectivity index (χ0v) is 12.7. The summed E-state index contributed by atoms with van der Waals surface area (Å²) in [4.78, 5) is 22.2. The van der Waals surface area contributed by atoms with E-state index in [0.29, 0.717) is 30.8 Å². The number of amides is 2. The fourth-order valence-corrected chi connectivity index (χ4v) is 2.70. The van der Waals surface area contributed by atoms with Crippen molar-refractivity contribution in [1.82, 2.24) is 10.6 Å². The van der Waals surface area contributed by atoms with Gasteiger partial charge in [-0.1, -0.05) is 26.7 Å². The molecule has 5 nitrogen and oxygen atoms in total. The average molecular weight is 284 g/mol. The molecule has 0 aliphatic heterocycles. The molecule has 1 saturated carbocycles. The van der Waals surface area contributed by atoms with Crippen LogP contribution in [0.15, 0.2) is 0 Å². The second-order valence-corrected chi connectivity index (χ2v) is 6.09. The predicted molar refractivity (Wildman–Crippen MR) is 78.6 cm³/mol. The van der Waals surface area contributed by atoms with Crippen LogP contribution in [-0.2, 0) is 4.79 Å². The number of nitrogens with one attached hydrogen (secondary N) is 2. The third kappa shape index (κ3) is 6.78. The Morgan fingerprint density at radius 3 is 2.60 bits per heavy atom. The molecular formula is C15H28N2O3. The second-order valence-electron chi connectivity index (χ2n) is 6.09. The van der Waals surface area contributed by atoms with Gasteiger partial charge in [0.25, 0.3) is 0 Å². The van der Waals surface area contributed by atoms with Crippen molar-refractivity contribution in [3.05, 3.63) is 0 Å². The van der Waals surface area contributed by atoms with Crippen molar-refractivity contribution in [3.63, 3.8) is 0 Å². The minimum atomic E-state index is -0.756. The summed E-state index contributed by atoms with van der Waals surface area (Å²) in [5.41, 5.74) is 0. The Bertz CT molecular complexity index is 320. The summed E-state index contributed by atoms with van der Waals surface area (Å²) in [6.45, 7) is 4.82. The highest BCUT2D eigenvalue weighted by atomic mass is 16.4. The van der Waals surface area contributed by atoms with Crippen molar-refractivity contribution in [1.29, 1.82) is 0 Å². The van der Waals surface area contributed by atoms with Crippen LogP contribution in [0.1, 0.15) is 58.8 Å². The van der Waals surface area contributed by atoms with E-state index in [4.69, 9.17) is 5.11 Å². The summed E-state index contributed by atoms with van der Waals surface area (Å²) < 4.78 is 0. The number of hydrogen-bond acceptors (Lipinski definition) is 2. The highest BCUT2D eigenvalue weighted by Gasteiger charge is 2.22. The van der Waals surface area contributed by atoms with Gasteiger partial charge in [0.1, 0.15) is 0 Å². The number of carboxylic acids is 1. The van der Waals surface area contributed by atoms with Gasteiger partial charge in [0.2, 0.25) is 0 Å². The van der Waals surface area contributed by atoms with Crippen molar-refractivity contribution < 1.29 is 14.7 Å². The molecule has 0 aromatic carbocycles. The standard InChI is InChI=1S/C15H28N2O3/c1-11(7-8-14(18)19)9-10-16-15(20)17-13-6-4-3-5-12(13)2/h11-13H,3-10H2,1-2H3,(H,18,19)(H2,16,17,20). The molecule has 20 heavy (non-hydrogen) atoms. The highest BCUT2D eigenvalue weighted by Crippen LogP contribution is 2.23. The van der Waals surface area contributed by atoms with Gasteiger partial charge in [-0.15, -0.1) is 0 Å². The molecule has 3 N–H and O–H groups in total. The zero-order valence-electron chi connectivity index (χ0n) is 12.7. The van der Waals surface area contributed by atoms with Crippen LogP contribution < -0.4 is 10.6 Å². The van der Waals surface area contributed by atoms with Crippen LogP contribution in [0.25, 0.3) is 0 Å². The zero-order chi connectivity index (χ0) is 15.0. The van der Waals surface area contributed by atoms with Gasteiger partial charge >= 0.3 is 12.0 Å². The fraction of sp³-hybridized carbons (Fsp3) is 0.867. The van der Waals surface area contributed by atoms with Crippen molar-refractivity contribution in [2.24, 2.45) is 11.8 Å². The van der Waals surface area contributed by atoms with Crippen LogP contribution in [0.2, 0.25) is 0 Å². The quantitative estimate of drug-likeness (QED) is 0.672. The molecule has 0 heterocycles. The van der Waals surface area contributed by atoms with E-state index in [0.717, 1.165) is 12.8 Å². The van der Waals surface area contributed by atoms with E-state index in [1.807, 2.05) is 6.92 Å². The molecule has 1 aliphatic rings. The van der Waals surface area contributed by atoms with Crippen LogP contribution in [0, 0.1) is 11.8 Å². The number of carbonyl (C=O) groups excluding carboxylic acids is 1. The summed E-state index contributed by atoms with van der Waals surface area (Å²) in [6.07, 6.45) is 6.41. The second kappa shape index (κ2) is 8.82. The van der Waals surface area contributed by atoms with E-state index in [9.17, 15) is 9.59 Å². The van der Waals surface area contributed by atoms with Gasteiger partial charge in [-0.25, -0.2) is 4.79 Å². The van der Waals surface area contributed by atoms with Gasteiger partial charge < -0.3 is 15.7 Å². The van der Waals surface area contributed by atoms with Gasteiger partial charge in [-0.05, 0) is 37.5 Å². The maximum atomic E-state index is 11.8. The molecule has 0 spiro atoms. The SMILES string of the molecule is CC(CCNC(=O)NC1CCCCC1C)CCC(=O)O. The lowest BCUT2D eigenvalue weighted by molar-refractivity contribution is -0.137. The van der Waals surface area contributed by atoms with E-state index in [1.54, 1.807) is 0 Å². The van der Waals surface area contributed by atoms with E-state index in [-0.39, 0.29) is 12.5 Å². The summed E-state index contributed by atoms with van der Waals surface area (Å²) in [5, 5.41) is 14.5. The Morgan fingerprint density at radius 2 is 1.95 bits per heavy atom. The van der Waals surface area contributed by atoms with Crippen molar-refractivity contribution in [2.75, 3.05) is 6.54 Å². The molecule has 3 unspecified atom stereocenters. The molecule has 0 radical (unpaired) electrons. The van der Waals surface area contributed by atoms with Crippen LogP contribution in [0.3, 0.4) is 0 Å². The molecule has 0 saturated heterocycles. The Balaban J connectivity index is 2.11.